The van der Waals surface area contributed by atoms with Crippen molar-refractivity contribution in [2.24, 2.45) is 0 Å². The lowest BCUT2D eigenvalue weighted by atomic mass is 9.70. The molecule has 0 aromatic heterocycles. The molecule has 1 radical (unpaired) electrons. The molecule has 0 fully saturated rings. The Hall–Kier alpha value is -1.57. The van der Waals surface area contributed by atoms with Gasteiger partial charge in [-0.25, -0.2) is 0 Å². The van der Waals surface area contributed by atoms with Gasteiger partial charge >= 0.3 is 0 Å². The highest BCUT2D eigenvalue weighted by Crippen LogP contribution is 2.27. The molecule has 0 spiro atoms. The lowest BCUT2D eigenvalue weighted by molar-refractivity contribution is 0.108. The van der Waals surface area contributed by atoms with Gasteiger partial charge in [0.1, 0.15) is 5.68 Å². The van der Waals surface area contributed by atoms with Gasteiger partial charge in [-0.3, -0.25) is 0 Å². The zero-order valence-electron chi connectivity index (χ0n) is 8.13. The van der Waals surface area contributed by atoms with E-state index in [2.05, 4.69) is 13.2 Å². The molecule has 0 unspecified atom stereocenters. The van der Waals surface area contributed by atoms with Gasteiger partial charge in [0.25, 0.3) is 0 Å². The summed E-state index contributed by atoms with van der Waals surface area (Å²) in [6.07, 6.45) is 0. The Bertz CT molecular complexity index is 457. The summed E-state index contributed by atoms with van der Waals surface area (Å²) in [7, 11) is 1.58. The average Bonchev–Trinajstić information content (AvgIpc) is 2.42. The van der Waals surface area contributed by atoms with Gasteiger partial charge in [0.15, 0.2) is 0 Å². The predicted molar refractivity (Wildman–Crippen MR) is 60.3 cm³/mol. The van der Waals surface area contributed by atoms with Crippen LogP contribution in [-0.4, -0.2) is 13.0 Å². The van der Waals surface area contributed by atoms with Crippen molar-refractivity contribution in [2.45, 2.75) is 6.92 Å². The summed E-state index contributed by atoms with van der Waals surface area (Å²) in [5.41, 5.74) is 4.61. The largest absolute Gasteiger partial charge is 0.306 e. The third-order valence-electron chi connectivity index (χ3n) is 2.43. The zero-order chi connectivity index (χ0) is 10.3. The van der Waals surface area contributed by atoms with Gasteiger partial charge in [-0.2, -0.15) is 0 Å². The molecule has 1 heterocycles. The predicted octanol–water partition coefficient (Wildman–Crippen LogP) is 2.55. The van der Waals surface area contributed by atoms with Crippen LogP contribution in [0.4, 0.5) is 0 Å². The molecule has 1 aliphatic rings. The normalized spacial score (nSPS) is 13.8. The third-order valence-corrected chi connectivity index (χ3v) is 2.43. The molecule has 2 heteroatoms. The standard InChI is InChI=1S/C12H10BO/c1-7(2)9-4-5-10-11(6-9)8(3)13-12(10)14/h4-6H,1,3H2,2H3. The first-order valence-electron chi connectivity index (χ1n) is 4.48. The molecule has 2 rings (SSSR count). The van der Waals surface area contributed by atoms with Gasteiger partial charge in [0, 0.05) is 5.56 Å². The summed E-state index contributed by atoms with van der Waals surface area (Å²) in [4.78, 5) is 11.4. The fraction of sp³-hybridized carbons (Fsp3) is 0.0833. The maximum Gasteiger partial charge on any atom is 0.247 e. The summed E-state index contributed by atoms with van der Waals surface area (Å²) in [6.45, 7) is 9.66. The van der Waals surface area contributed by atoms with Gasteiger partial charge in [0.05, 0.1) is 0 Å². The lowest BCUT2D eigenvalue weighted by Gasteiger charge is -2.04. The van der Waals surface area contributed by atoms with Crippen molar-refractivity contribution in [1.29, 1.82) is 0 Å². The summed E-state index contributed by atoms with van der Waals surface area (Å²) < 4.78 is 0. The van der Waals surface area contributed by atoms with E-state index in [1.165, 1.54) is 0 Å². The van der Waals surface area contributed by atoms with E-state index in [0.29, 0.717) is 0 Å². The second kappa shape index (κ2) is 2.98. The number of rotatable bonds is 1. The van der Waals surface area contributed by atoms with Gasteiger partial charge in [0.2, 0.25) is 7.28 Å². The molecule has 14 heavy (non-hydrogen) atoms. The first-order chi connectivity index (χ1) is 6.59. The quantitative estimate of drug-likeness (QED) is 0.608. The molecule has 0 N–H and O–H groups in total. The van der Waals surface area contributed by atoms with Crippen molar-refractivity contribution in [1.82, 2.24) is 0 Å². The van der Waals surface area contributed by atoms with Gasteiger partial charge in [-0.15, -0.1) is 6.58 Å². The Morgan fingerprint density at radius 2 is 2.07 bits per heavy atom. The summed E-state index contributed by atoms with van der Waals surface area (Å²) >= 11 is 0. The van der Waals surface area contributed by atoms with Crippen molar-refractivity contribution in [2.75, 3.05) is 0 Å². The van der Waals surface area contributed by atoms with Crippen LogP contribution in [0.15, 0.2) is 31.4 Å². The van der Waals surface area contributed by atoms with Crippen molar-refractivity contribution in [3.05, 3.63) is 48.0 Å². The van der Waals surface area contributed by atoms with Crippen LogP contribution < -0.4 is 0 Å². The van der Waals surface area contributed by atoms with Crippen molar-refractivity contribution < 1.29 is 4.79 Å². The minimum atomic E-state index is 0.0539. The maximum atomic E-state index is 11.4. The first kappa shape index (κ1) is 9.01. The molecule has 1 nitrogen and oxygen atoms in total. The van der Waals surface area contributed by atoms with E-state index >= 15 is 0 Å². The van der Waals surface area contributed by atoms with E-state index in [4.69, 9.17) is 0 Å². The minimum Gasteiger partial charge on any atom is -0.306 e. The Labute approximate surface area is 84.4 Å². The fourth-order valence-corrected chi connectivity index (χ4v) is 1.60. The third kappa shape index (κ3) is 1.23. The molecule has 0 atom stereocenters. The van der Waals surface area contributed by atoms with Gasteiger partial charge in [-0.05, 0) is 24.1 Å². The van der Waals surface area contributed by atoms with Gasteiger partial charge < -0.3 is 4.79 Å². The maximum absolute atomic E-state index is 11.4. The van der Waals surface area contributed by atoms with Crippen LogP contribution in [0, 0.1) is 0 Å². The highest BCUT2D eigenvalue weighted by molar-refractivity contribution is 6.93. The molecule has 0 saturated heterocycles. The van der Waals surface area contributed by atoms with Crippen molar-refractivity contribution in [3.8, 4) is 0 Å². The molecular weight excluding hydrogens is 171 g/mol. The molecule has 0 amide bonds. The number of benzene rings is 1. The topological polar surface area (TPSA) is 17.1 Å². The summed E-state index contributed by atoms with van der Waals surface area (Å²) in [5.74, 6) is 0. The molecule has 1 aliphatic heterocycles. The first-order valence-corrected chi connectivity index (χ1v) is 4.48. The summed E-state index contributed by atoms with van der Waals surface area (Å²) in [5, 5.41) is 0. The van der Waals surface area contributed by atoms with Crippen molar-refractivity contribution >= 4 is 24.0 Å². The van der Waals surface area contributed by atoms with E-state index in [9.17, 15) is 4.79 Å². The smallest absolute Gasteiger partial charge is 0.247 e. The number of hydrogen-bond acceptors (Lipinski definition) is 1. The van der Waals surface area contributed by atoms with Crippen LogP contribution in [0.5, 0.6) is 0 Å². The van der Waals surface area contributed by atoms with Gasteiger partial charge in [-0.1, -0.05) is 29.8 Å². The zero-order valence-corrected chi connectivity index (χ0v) is 8.13. The average molecular weight is 181 g/mol. The van der Waals surface area contributed by atoms with Crippen LogP contribution in [0.2, 0.25) is 0 Å². The Morgan fingerprint density at radius 1 is 1.36 bits per heavy atom. The summed E-state index contributed by atoms with van der Waals surface area (Å²) in [6, 6.07) is 5.74. The number of hydrogen-bond donors (Lipinski definition) is 0. The lowest BCUT2D eigenvalue weighted by Crippen LogP contribution is -1.99. The van der Waals surface area contributed by atoms with Crippen molar-refractivity contribution in [3.63, 3.8) is 0 Å². The Morgan fingerprint density at radius 3 is 2.71 bits per heavy atom. The van der Waals surface area contributed by atoms with Crippen LogP contribution in [0.3, 0.4) is 0 Å². The monoisotopic (exact) mass is 181 g/mol. The molecule has 1 aromatic rings. The fourth-order valence-electron chi connectivity index (χ4n) is 1.60. The van der Waals surface area contributed by atoms with E-state index in [1.807, 2.05) is 25.1 Å². The molecule has 67 valence electrons. The van der Waals surface area contributed by atoms with E-state index in [0.717, 1.165) is 27.7 Å². The second-order valence-electron chi connectivity index (χ2n) is 3.57. The van der Waals surface area contributed by atoms with E-state index in [1.54, 1.807) is 7.28 Å². The molecule has 0 bridgehead atoms. The highest BCUT2D eigenvalue weighted by atomic mass is 16.1. The molecule has 0 saturated carbocycles. The number of carbonyl (C=O) groups excluding carboxylic acids is 1. The van der Waals surface area contributed by atoms with E-state index < -0.39 is 0 Å². The molecule has 0 aliphatic carbocycles. The van der Waals surface area contributed by atoms with Crippen LogP contribution in [0.25, 0.3) is 11.0 Å². The minimum absolute atomic E-state index is 0.0539. The highest BCUT2D eigenvalue weighted by Gasteiger charge is 2.23. The van der Waals surface area contributed by atoms with Crippen LogP contribution >= 0.6 is 0 Å². The number of fused-ring (bicyclic) bond motifs is 1. The number of carbonyl (C=O) groups is 1. The van der Waals surface area contributed by atoms with Crippen LogP contribution in [0.1, 0.15) is 28.4 Å². The van der Waals surface area contributed by atoms with Crippen LogP contribution in [-0.2, 0) is 0 Å². The second-order valence-corrected chi connectivity index (χ2v) is 3.57. The molecular formula is C12H10BO. The van der Waals surface area contributed by atoms with E-state index in [-0.39, 0.29) is 5.68 Å². The SMILES string of the molecule is C=C(C)c1ccc2c(c1)C(=C)[B]C2=O. The molecule has 1 aromatic carbocycles. The Balaban J connectivity index is 2.61. The number of allylic oxidation sites excluding steroid dienone is 1. The Kier molecular flexibility index (Phi) is 1.92.